The average Bonchev–Trinajstić information content (AvgIpc) is 3.28. The summed E-state index contributed by atoms with van der Waals surface area (Å²) < 4.78 is 67.8. The molecule has 15 nitrogen and oxygen atoms in total. The maximum atomic E-state index is 13.2. The molecule has 4 aromatic rings. The van der Waals surface area contributed by atoms with Crippen molar-refractivity contribution in [2.45, 2.75) is 32.1 Å². The maximum absolute atomic E-state index is 13.2. The minimum absolute atomic E-state index is 0.0890. The van der Waals surface area contributed by atoms with E-state index in [1.54, 1.807) is 52.3 Å². The van der Waals surface area contributed by atoms with Crippen LogP contribution in [-0.4, -0.2) is 136 Å². The van der Waals surface area contributed by atoms with E-state index in [0.29, 0.717) is 85.7 Å². The first-order valence-corrected chi connectivity index (χ1v) is 23.6. The van der Waals surface area contributed by atoms with E-state index in [1.807, 2.05) is 0 Å². The fourth-order valence-electron chi connectivity index (χ4n) is 7.47. The Bertz CT molecular complexity index is 2540. The molecule has 2 atom stereocenters. The molecule has 0 bridgehead atoms. The van der Waals surface area contributed by atoms with Crippen molar-refractivity contribution >= 4 is 74.5 Å². The number of rotatable bonds is 15. The molecule has 67 heavy (non-hydrogen) atoms. The lowest BCUT2D eigenvalue weighted by Gasteiger charge is -2.40. The molecule has 0 radical (unpaired) electrons. The summed E-state index contributed by atoms with van der Waals surface area (Å²) in [4.78, 5) is 44.8. The van der Waals surface area contributed by atoms with Gasteiger partial charge in [-0.3, -0.25) is 28.9 Å². The number of aliphatic hydroxyl groups excluding tert-OH is 1. The van der Waals surface area contributed by atoms with Crippen LogP contribution in [0.15, 0.2) is 84.9 Å². The van der Waals surface area contributed by atoms with E-state index in [9.17, 15) is 36.7 Å². The van der Waals surface area contributed by atoms with Crippen LogP contribution in [0.4, 0.5) is 20.2 Å². The summed E-state index contributed by atoms with van der Waals surface area (Å²) >= 11 is 12.2. The predicted molar refractivity (Wildman–Crippen MR) is 255 cm³/mol. The smallest absolute Gasteiger partial charge is 0.302 e. The normalized spacial score (nSPS) is 17.0. The molecule has 2 aliphatic heterocycles. The highest BCUT2D eigenvalue weighted by Crippen LogP contribution is 2.33. The highest BCUT2D eigenvalue weighted by atomic mass is 35.5. The minimum atomic E-state index is -3.58. The molecular formula is C47H54Cl2F2N6O9S. The van der Waals surface area contributed by atoms with Crippen LogP contribution in [0, 0.1) is 11.6 Å². The highest BCUT2D eigenvalue weighted by Gasteiger charge is 2.31. The molecule has 0 saturated carbocycles. The van der Waals surface area contributed by atoms with E-state index in [4.69, 9.17) is 43.1 Å². The van der Waals surface area contributed by atoms with Gasteiger partial charge in [0.25, 0.3) is 0 Å². The summed E-state index contributed by atoms with van der Waals surface area (Å²) in [5, 5.41) is 10.5. The highest BCUT2D eigenvalue weighted by molar-refractivity contribution is 7.92. The molecule has 4 N–H and O–H groups in total. The van der Waals surface area contributed by atoms with Crippen molar-refractivity contribution in [2.24, 2.45) is 0 Å². The van der Waals surface area contributed by atoms with Crippen molar-refractivity contribution in [2.75, 3.05) is 83.4 Å². The number of anilines is 2. The van der Waals surface area contributed by atoms with E-state index in [2.05, 4.69) is 14.5 Å². The van der Waals surface area contributed by atoms with Gasteiger partial charge in [0.2, 0.25) is 21.8 Å². The van der Waals surface area contributed by atoms with Gasteiger partial charge in [-0.05, 0) is 71.8 Å². The number of piperazine rings is 2. The Hall–Kier alpha value is -5.76. The number of benzene rings is 4. The molecule has 0 aromatic heterocycles. The molecule has 0 spiro atoms. The summed E-state index contributed by atoms with van der Waals surface area (Å²) in [6, 6.07) is 18.0. The lowest BCUT2D eigenvalue weighted by Crippen LogP contribution is -2.56. The fourth-order valence-corrected chi connectivity index (χ4v) is 8.53. The monoisotopic (exact) mass is 986 g/mol. The van der Waals surface area contributed by atoms with Crippen molar-refractivity contribution in [3.05, 3.63) is 129 Å². The summed E-state index contributed by atoms with van der Waals surface area (Å²) in [5.74, 6) is -0.744. The molecule has 360 valence electrons. The molecule has 2 saturated heterocycles. The van der Waals surface area contributed by atoms with E-state index >= 15 is 0 Å². The molecule has 2 fully saturated rings. The molecule has 2 heterocycles. The van der Waals surface area contributed by atoms with Crippen LogP contribution in [-0.2, 0) is 42.2 Å². The molecule has 0 aliphatic carbocycles. The number of ether oxygens (including phenoxy) is 3. The van der Waals surface area contributed by atoms with Crippen molar-refractivity contribution in [1.29, 1.82) is 0 Å². The second kappa shape index (κ2) is 24.3. The Morgan fingerprint density at radius 3 is 1.70 bits per heavy atom. The lowest BCUT2D eigenvalue weighted by atomic mass is 10.1. The van der Waals surface area contributed by atoms with Gasteiger partial charge in [-0.25, -0.2) is 17.2 Å². The summed E-state index contributed by atoms with van der Waals surface area (Å²) in [6.07, 6.45) is 6.88. The molecule has 2 aliphatic rings. The van der Waals surface area contributed by atoms with Gasteiger partial charge < -0.3 is 34.9 Å². The van der Waals surface area contributed by atoms with Gasteiger partial charge in [-0.15, -0.1) is 0 Å². The number of nitrogen functional groups attached to an aromatic ring is 1. The number of sulfonamides is 1. The Morgan fingerprint density at radius 2 is 1.22 bits per heavy atom. The van der Waals surface area contributed by atoms with Crippen LogP contribution in [0.2, 0.25) is 10.0 Å². The lowest BCUT2D eigenvalue weighted by molar-refractivity contribution is -0.147. The van der Waals surface area contributed by atoms with E-state index < -0.39 is 22.0 Å². The first kappa shape index (κ1) is 52.2. The van der Waals surface area contributed by atoms with E-state index in [-0.39, 0.29) is 53.4 Å². The van der Waals surface area contributed by atoms with Gasteiger partial charge in [0.1, 0.15) is 29.7 Å². The molecule has 6 rings (SSSR count). The Balaban J connectivity index is 0.000000251. The number of hydrogen-bond acceptors (Lipinski definition) is 12. The van der Waals surface area contributed by atoms with Gasteiger partial charge in [-0.1, -0.05) is 47.5 Å². The number of carbonyl (C=O) groups excluding carboxylic acids is 3. The zero-order chi connectivity index (χ0) is 48.8. The number of halogens is 4. The van der Waals surface area contributed by atoms with Crippen LogP contribution in [0.25, 0.3) is 12.2 Å². The number of esters is 1. The standard InChI is InChI=1S/C24H27ClFN3O4.C23H27ClFN3O5S/c1-16(30)33-15-20-14-28(13-17-3-6-19(26)7-4-17)9-10-29(20)24(31)8-5-18-11-23(32-2)21(25)12-22(18)27;1-33-22-11-17(21(12-20(22)24)26-34(2,31)32)5-8-23(30)28-10-9-27(14-19(28)15-29)13-16-3-6-18(25)7-4-16/h3-8,11-12,20H,9-10,13-15,27H2,1-2H3;3-8,11-12,19,26,29H,9-10,13-15H2,1-2H3/b2*8-5+/t20-;19-/m00/s1. The predicted octanol–water partition coefficient (Wildman–Crippen LogP) is 5.94. The first-order valence-electron chi connectivity index (χ1n) is 21.0. The SMILES string of the molecule is COc1cc(/C=C/C(=O)N2CCN(Cc3ccc(F)cc3)C[C@H]2CO)c(NS(C)(=O)=O)cc1Cl.COc1cc(/C=C/C(=O)N2CCN(Cc3ccc(F)cc3)C[C@H]2COC(C)=O)c(N)cc1Cl. The van der Waals surface area contributed by atoms with Crippen LogP contribution in [0.3, 0.4) is 0 Å². The van der Waals surface area contributed by atoms with Gasteiger partial charge >= 0.3 is 5.97 Å². The van der Waals surface area contributed by atoms with Gasteiger partial charge in [0.05, 0.1) is 54.9 Å². The third-order valence-electron chi connectivity index (χ3n) is 10.8. The summed E-state index contributed by atoms with van der Waals surface area (Å²) in [5.41, 5.74) is 9.56. The fraction of sp³-hybridized carbons (Fsp3) is 0.340. The minimum Gasteiger partial charge on any atom is -0.495 e. The topological polar surface area (TPSA) is 184 Å². The summed E-state index contributed by atoms with van der Waals surface area (Å²) in [7, 11) is -0.648. The second-order valence-corrected chi connectivity index (χ2v) is 18.4. The number of nitrogens with two attached hydrogens (primary N) is 1. The third-order valence-corrected chi connectivity index (χ3v) is 12.0. The van der Waals surface area contributed by atoms with Crippen LogP contribution >= 0.6 is 23.2 Å². The number of carbonyl (C=O) groups is 3. The zero-order valence-corrected chi connectivity index (χ0v) is 39.8. The van der Waals surface area contributed by atoms with Crippen molar-refractivity contribution in [3.63, 3.8) is 0 Å². The number of hydrogen-bond donors (Lipinski definition) is 3. The molecular weight excluding hydrogens is 934 g/mol. The van der Waals surface area contributed by atoms with Crippen molar-refractivity contribution < 1.29 is 50.9 Å². The Morgan fingerprint density at radius 1 is 0.761 bits per heavy atom. The maximum Gasteiger partial charge on any atom is 0.302 e. The molecule has 4 aromatic carbocycles. The van der Waals surface area contributed by atoms with E-state index in [0.717, 1.165) is 17.4 Å². The molecule has 2 amide bonds. The van der Waals surface area contributed by atoms with Gasteiger partial charge in [0.15, 0.2) is 0 Å². The van der Waals surface area contributed by atoms with E-state index in [1.165, 1.54) is 75.8 Å². The van der Waals surface area contributed by atoms with Crippen LogP contribution < -0.4 is 19.9 Å². The zero-order valence-electron chi connectivity index (χ0n) is 37.5. The number of nitrogens with zero attached hydrogens (tertiary/aromatic N) is 4. The number of aliphatic hydroxyl groups is 1. The Labute approximate surface area is 399 Å². The third kappa shape index (κ3) is 15.7. The Kier molecular flexibility index (Phi) is 19.0. The number of methoxy groups -OCH3 is 2. The summed E-state index contributed by atoms with van der Waals surface area (Å²) in [6.45, 7) is 5.44. The van der Waals surface area contributed by atoms with Gasteiger partial charge in [0, 0.05) is 88.2 Å². The van der Waals surface area contributed by atoms with Crippen molar-refractivity contribution in [1.82, 2.24) is 19.6 Å². The first-order chi connectivity index (χ1) is 31.9. The number of nitrogens with one attached hydrogen (secondary N) is 1. The van der Waals surface area contributed by atoms with Crippen molar-refractivity contribution in [3.8, 4) is 11.5 Å². The quantitative estimate of drug-likeness (QED) is 0.0726. The van der Waals surface area contributed by atoms with Crippen LogP contribution in [0.5, 0.6) is 11.5 Å². The largest absolute Gasteiger partial charge is 0.495 e. The van der Waals surface area contributed by atoms with Gasteiger partial charge in [-0.2, -0.15) is 0 Å². The number of amides is 2. The second-order valence-electron chi connectivity index (χ2n) is 15.8. The molecule has 20 heteroatoms. The van der Waals surface area contributed by atoms with Crippen LogP contribution in [0.1, 0.15) is 29.2 Å². The average molecular weight is 988 g/mol. The molecule has 0 unspecified atom stereocenters.